The molecule has 0 aromatic carbocycles. The number of urea groups is 1. The number of pyridine rings is 1. The highest BCUT2D eigenvalue weighted by atomic mass is 16.2. The quantitative estimate of drug-likeness (QED) is 0.910. The molecular weight excluding hydrogens is 314 g/mol. The van der Waals surface area contributed by atoms with Crippen molar-refractivity contribution in [1.29, 1.82) is 0 Å². The summed E-state index contributed by atoms with van der Waals surface area (Å²) in [4.78, 5) is 23.1. The number of rotatable bonds is 2. The van der Waals surface area contributed by atoms with E-state index in [-0.39, 0.29) is 11.6 Å². The Hall–Kier alpha value is -2.37. The lowest BCUT2D eigenvalue weighted by atomic mass is 10.0. The number of carbonyl (C=O) groups excluding carboxylic acids is 1. The molecular formula is C19H27N5O. The molecule has 0 unspecified atom stereocenters. The van der Waals surface area contributed by atoms with Gasteiger partial charge in [-0.2, -0.15) is 0 Å². The van der Waals surface area contributed by atoms with Gasteiger partial charge in [0.2, 0.25) is 0 Å². The van der Waals surface area contributed by atoms with E-state index < -0.39 is 0 Å². The first kappa shape index (κ1) is 17.5. The second kappa shape index (κ2) is 6.86. The normalized spacial score (nSPS) is 16.1. The fraction of sp³-hybridized carbons (Fsp3) is 0.526. The van der Waals surface area contributed by atoms with E-state index in [2.05, 4.69) is 26.8 Å². The monoisotopic (exact) mass is 341 g/mol. The molecule has 25 heavy (non-hydrogen) atoms. The molecule has 6 nitrogen and oxygen atoms in total. The van der Waals surface area contributed by atoms with Gasteiger partial charge in [0.15, 0.2) is 0 Å². The Morgan fingerprint density at radius 2 is 1.96 bits per heavy atom. The third kappa shape index (κ3) is 4.00. The average molecular weight is 341 g/mol. The zero-order valence-electron chi connectivity index (χ0n) is 15.5. The molecule has 0 bridgehead atoms. The molecule has 0 radical (unpaired) electrons. The Morgan fingerprint density at radius 1 is 1.24 bits per heavy atom. The highest BCUT2D eigenvalue weighted by Crippen LogP contribution is 2.30. The molecule has 6 heteroatoms. The number of hydrogen-bond donors (Lipinski definition) is 1. The fourth-order valence-electron chi connectivity index (χ4n) is 3.34. The van der Waals surface area contributed by atoms with E-state index in [0.717, 1.165) is 43.0 Å². The van der Waals surface area contributed by atoms with E-state index >= 15 is 0 Å². The number of hydrogen-bond acceptors (Lipinski definition) is 3. The molecule has 134 valence electrons. The van der Waals surface area contributed by atoms with E-state index in [1.807, 2.05) is 50.2 Å². The van der Waals surface area contributed by atoms with Crippen LogP contribution in [0.4, 0.5) is 4.79 Å². The summed E-state index contributed by atoms with van der Waals surface area (Å²) in [6.45, 7) is 9.63. The van der Waals surface area contributed by atoms with Crippen LogP contribution in [0.5, 0.6) is 0 Å². The fourth-order valence-corrected chi connectivity index (χ4v) is 3.34. The van der Waals surface area contributed by atoms with E-state index in [1.54, 1.807) is 6.20 Å². The van der Waals surface area contributed by atoms with Gasteiger partial charge < -0.3 is 14.8 Å². The molecule has 2 aromatic rings. The smallest absolute Gasteiger partial charge is 0.317 e. The first-order valence-electron chi connectivity index (χ1n) is 8.86. The maximum atomic E-state index is 12.3. The van der Waals surface area contributed by atoms with Crippen molar-refractivity contribution >= 4 is 6.03 Å². The van der Waals surface area contributed by atoms with Gasteiger partial charge in [-0.25, -0.2) is 9.78 Å². The lowest BCUT2D eigenvalue weighted by molar-refractivity contribution is 0.164. The third-order valence-electron chi connectivity index (χ3n) is 4.50. The summed E-state index contributed by atoms with van der Waals surface area (Å²) in [6.07, 6.45) is 7.41. The molecule has 1 N–H and O–H groups in total. The molecule has 0 aliphatic carbocycles. The van der Waals surface area contributed by atoms with E-state index in [0.29, 0.717) is 6.04 Å². The number of imidazole rings is 1. The number of amides is 2. The summed E-state index contributed by atoms with van der Waals surface area (Å²) in [5.74, 6) is 0.961. The Kier molecular flexibility index (Phi) is 4.79. The van der Waals surface area contributed by atoms with Gasteiger partial charge in [0.25, 0.3) is 0 Å². The van der Waals surface area contributed by atoms with Crippen LogP contribution in [0.1, 0.15) is 45.3 Å². The molecule has 3 rings (SSSR count). The number of piperidine rings is 1. The summed E-state index contributed by atoms with van der Waals surface area (Å²) >= 11 is 0. The second-order valence-corrected chi connectivity index (χ2v) is 7.73. The van der Waals surface area contributed by atoms with Crippen molar-refractivity contribution in [3.05, 3.63) is 36.4 Å². The molecule has 1 fully saturated rings. The largest absolute Gasteiger partial charge is 0.333 e. The predicted molar refractivity (Wildman–Crippen MR) is 98.3 cm³/mol. The maximum Gasteiger partial charge on any atom is 0.317 e. The van der Waals surface area contributed by atoms with Gasteiger partial charge in [0.05, 0.1) is 0 Å². The highest BCUT2D eigenvalue weighted by molar-refractivity contribution is 5.75. The Bertz CT molecular complexity index is 724. The number of nitrogens with one attached hydrogen (secondary N) is 1. The van der Waals surface area contributed by atoms with Crippen molar-refractivity contribution in [2.75, 3.05) is 13.1 Å². The number of likely N-dealkylation sites (tertiary alicyclic amines) is 1. The van der Waals surface area contributed by atoms with Crippen molar-refractivity contribution in [2.24, 2.45) is 0 Å². The molecule has 2 amide bonds. The standard InChI is InChI=1S/C19H27N5O/c1-14-12-21-17(15-6-5-9-20-13-15)24(14)16-7-10-23(11-8-16)18(25)22-19(2,3)4/h5-6,9,12-13,16H,7-8,10-11H2,1-4H3,(H,22,25). The van der Waals surface area contributed by atoms with Gasteiger partial charge in [0.1, 0.15) is 5.82 Å². The molecule has 1 aliphatic heterocycles. The van der Waals surface area contributed by atoms with Crippen LogP contribution in [-0.4, -0.2) is 44.1 Å². The molecule has 1 aliphatic rings. The van der Waals surface area contributed by atoms with Gasteiger partial charge in [-0.05, 0) is 52.7 Å². The molecule has 1 saturated heterocycles. The summed E-state index contributed by atoms with van der Waals surface area (Å²) in [5.41, 5.74) is 1.97. The van der Waals surface area contributed by atoms with Crippen molar-refractivity contribution in [1.82, 2.24) is 24.8 Å². The number of aryl methyl sites for hydroxylation is 1. The summed E-state index contributed by atoms with van der Waals surface area (Å²) in [5, 5.41) is 3.05. The zero-order chi connectivity index (χ0) is 18.0. The zero-order valence-corrected chi connectivity index (χ0v) is 15.5. The first-order valence-corrected chi connectivity index (χ1v) is 8.86. The molecule has 0 saturated carbocycles. The average Bonchev–Trinajstić information content (AvgIpc) is 2.96. The molecule has 0 spiro atoms. The Morgan fingerprint density at radius 3 is 2.56 bits per heavy atom. The lowest BCUT2D eigenvalue weighted by Gasteiger charge is -2.35. The lowest BCUT2D eigenvalue weighted by Crippen LogP contribution is -2.50. The van der Waals surface area contributed by atoms with E-state index in [9.17, 15) is 4.79 Å². The van der Waals surface area contributed by atoms with E-state index in [1.165, 1.54) is 0 Å². The minimum Gasteiger partial charge on any atom is -0.333 e. The van der Waals surface area contributed by atoms with Gasteiger partial charge in [-0.15, -0.1) is 0 Å². The van der Waals surface area contributed by atoms with Crippen LogP contribution in [0, 0.1) is 6.92 Å². The molecule has 3 heterocycles. The summed E-state index contributed by atoms with van der Waals surface area (Å²) < 4.78 is 2.30. The van der Waals surface area contributed by atoms with Gasteiger partial charge >= 0.3 is 6.03 Å². The van der Waals surface area contributed by atoms with Crippen LogP contribution in [0.15, 0.2) is 30.7 Å². The minimum absolute atomic E-state index is 0.0285. The van der Waals surface area contributed by atoms with Crippen LogP contribution in [0.25, 0.3) is 11.4 Å². The third-order valence-corrected chi connectivity index (χ3v) is 4.50. The van der Waals surface area contributed by atoms with Crippen molar-refractivity contribution in [3.8, 4) is 11.4 Å². The number of carbonyl (C=O) groups is 1. The summed E-state index contributed by atoms with van der Waals surface area (Å²) in [6, 6.07) is 4.36. The van der Waals surface area contributed by atoms with Crippen LogP contribution in [-0.2, 0) is 0 Å². The second-order valence-electron chi connectivity index (χ2n) is 7.73. The first-order chi connectivity index (χ1) is 11.8. The molecule has 2 aromatic heterocycles. The van der Waals surface area contributed by atoms with Crippen molar-refractivity contribution in [3.63, 3.8) is 0 Å². The van der Waals surface area contributed by atoms with Crippen molar-refractivity contribution < 1.29 is 4.79 Å². The van der Waals surface area contributed by atoms with Crippen LogP contribution in [0.2, 0.25) is 0 Å². The SMILES string of the molecule is Cc1cnc(-c2cccnc2)n1C1CCN(C(=O)NC(C)(C)C)CC1. The Balaban J connectivity index is 1.72. The topological polar surface area (TPSA) is 63.1 Å². The summed E-state index contributed by atoms with van der Waals surface area (Å²) in [7, 11) is 0. The highest BCUT2D eigenvalue weighted by Gasteiger charge is 2.27. The minimum atomic E-state index is -0.206. The van der Waals surface area contributed by atoms with Crippen LogP contribution in [0.3, 0.4) is 0 Å². The van der Waals surface area contributed by atoms with Gasteiger partial charge in [-0.1, -0.05) is 0 Å². The van der Waals surface area contributed by atoms with E-state index in [4.69, 9.17) is 0 Å². The predicted octanol–water partition coefficient (Wildman–Crippen LogP) is 3.40. The van der Waals surface area contributed by atoms with Crippen LogP contribution < -0.4 is 5.32 Å². The number of aromatic nitrogens is 3. The van der Waals surface area contributed by atoms with Gasteiger partial charge in [-0.3, -0.25) is 4.98 Å². The number of nitrogens with zero attached hydrogens (tertiary/aromatic N) is 4. The van der Waals surface area contributed by atoms with Crippen LogP contribution >= 0.6 is 0 Å². The maximum absolute atomic E-state index is 12.3. The Labute approximate surface area is 149 Å². The van der Waals surface area contributed by atoms with Crippen molar-refractivity contribution in [2.45, 2.75) is 52.1 Å². The molecule has 0 atom stereocenters. The van der Waals surface area contributed by atoms with Gasteiger partial charge in [0, 0.05) is 54.5 Å².